The van der Waals surface area contributed by atoms with Crippen LogP contribution in [0, 0.1) is 18.2 Å². The van der Waals surface area contributed by atoms with Crippen molar-refractivity contribution in [2.75, 3.05) is 6.61 Å². The summed E-state index contributed by atoms with van der Waals surface area (Å²) in [5, 5.41) is 3.03. The Hall–Kier alpha value is -2.34. The van der Waals surface area contributed by atoms with Gasteiger partial charge in [0.1, 0.15) is 11.6 Å². The molecule has 3 saturated carbocycles. The van der Waals surface area contributed by atoms with Crippen LogP contribution in [0.1, 0.15) is 54.2 Å². The first kappa shape index (κ1) is 20.0. The van der Waals surface area contributed by atoms with Crippen LogP contribution in [0.25, 0.3) is 0 Å². The molecule has 0 unspecified atom stereocenters. The summed E-state index contributed by atoms with van der Waals surface area (Å²) in [7, 11) is 0. The molecule has 0 spiro atoms. The maximum Gasteiger partial charge on any atom is 0.258 e. The lowest BCUT2D eigenvalue weighted by molar-refractivity contribution is -0.164. The predicted molar refractivity (Wildman–Crippen MR) is 108 cm³/mol. The SMILES string of the molecule is CCc1[nH]cc(C)c1C(=O)CC12CC(NC(=O)COc3ccc(Cl)c(F)c3)(C1)C2. The Kier molecular flexibility index (Phi) is 4.93. The number of carbonyl (C=O) groups excluding carboxylic acids is 2. The lowest BCUT2D eigenvalue weighted by atomic mass is 9.38. The number of aromatic nitrogens is 1. The van der Waals surface area contributed by atoms with Crippen molar-refractivity contribution in [2.24, 2.45) is 5.41 Å². The van der Waals surface area contributed by atoms with Crippen LogP contribution < -0.4 is 10.1 Å². The topological polar surface area (TPSA) is 71.2 Å². The van der Waals surface area contributed by atoms with E-state index < -0.39 is 5.82 Å². The quantitative estimate of drug-likeness (QED) is 0.625. The third-order valence-corrected chi connectivity index (χ3v) is 6.44. The van der Waals surface area contributed by atoms with Crippen LogP contribution in [-0.2, 0) is 11.2 Å². The first-order valence-corrected chi connectivity index (χ1v) is 10.2. The summed E-state index contributed by atoms with van der Waals surface area (Å²) >= 11 is 5.63. The van der Waals surface area contributed by atoms with Crippen LogP contribution in [0.3, 0.4) is 0 Å². The molecule has 1 amide bonds. The molecule has 1 aromatic carbocycles. The molecule has 2 bridgehead atoms. The maximum absolute atomic E-state index is 13.4. The number of hydrogen-bond donors (Lipinski definition) is 2. The van der Waals surface area contributed by atoms with E-state index >= 15 is 0 Å². The fourth-order valence-corrected chi connectivity index (χ4v) is 5.16. The molecule has 1 aromatic heterocycles. The average Bonchev–Trinajstić information content (AvgIpc) is 3.00. The highest BCUT2D eigenvalue weighted by Gasteiger charge is 2.68. The highest BCUT2D eigenvalue weighted by Crippen LogP contribution is 2.69. The normalized spacial score (nSPS) is 24.4. The van der Waals surface area contributed by atoms with E-state index in [2.05, 4.69) is 10.3 Å². The van der Waals surface area contributed by atoms with Crippen molar-refractivity contribution in [3.63, 3.8) is 0 Å². The Morgan fingerprint density at radius 2 is 2.03 bits per heavy atom. The van der Waals surface area contributed by atoms with Gasteiger partial charge in [-0.2, -0.15) is 0 Å². The van der Waals surface area contributed by atoms with E-state index in [0.29, 0.717) is 6.42 Å². The van der Waals surface area contributed by atoms with Crippen molar-refractivity contribution in [3.05, 3.63) is 52.1 Å². The molecule has 3 aliphatic carbocycles. The summed E-state index contributed by atoms with van der Waals surface area (Å²) in [5.41, 5.74) is 2.63. The van der Waals surface area contributed by atoms with E-state index in [1.165, 1.54) is 12.1 Å². The Bertz CT molecular complexity index is 965. The second kappa shape index (κ2) is 7.17. The largest absolute Gasteiger partial charge is 0.484 e. The Morgan fingerprint density at radius 3 is 2.69 bits per heavy atom. The monoisotopic (exact) mass is 418 g/mol. The molecule has 2 N–H and O–H groups in total. The average molecular weight is 419 g/mol. The lowest BCUT2D eigenvalue weighted by Crippen LogP contribution is -2.75. The van der Waals surface area contributed by atoms with Crippen molar-refractivity contribution in [3.8, 4) is 5.75 Å². The zero-order valence-corrected chi connectivity index (χ0v) is 17.3. The number of halogens is 2. The van der Waals surface area contributed by atoms with Crippen LogP contribution in [0.2, 0.25) is 5.02 Å². The maximum atomic E-state index is 13.4. The van der Waals surface area contributed by atoms with E-state index in [4.69, 9.17) is 16.3 Å². The predicted octanol–water partition coefficient (Wildman–Crippen LogP) is 4.37. The zero-order chi connectivity index (χ0) is 20.8. The lowest BCUT2D eigenvalue weighted by Gasteiger charge is -2.70. The smallest absolute Gasteiger partial charge is 0.258 e. The van der Waals surface area contributed by atoms with Gasteiger partial charge < -0.3 is 15.0 Å². The van der Waals surface area contributed by atoms with Crippen LogP contribution in [0.15, 0.2) is 24.4 Å². The van der Waals surface area contributed by atoms with Crippen molar-refractivity contribution < 1.29 is 18.7 Å². The molecular weight excluding hydrogens is 395 g/mol. The van der Waals surface area contributed by atoms with Gasteiger partial charge in [-0.3, -0.25) is 9.59 Å². The molecule has 29 heavy (non-hydrogen) atoms. The first-order chi connectivity index (χ1) is 13.7. The van der Waals surface area contributed by atoms with Crippen molar-refractivity contribution >= 4 is 23.3 Å². The summed E-state index contributed by atoms with van der Waals surface area (Å²) in [4.78, 5) is 28.2. The Balaban J connectivity index is 1.26. The summed E-state index contributed by atoms with van der Waals surface area (Å²) in [6.45, 7) is 3.81. The third-order valence-electron chi connectivity index (χ3n) is 6.13. The van der Waals surface area contributed by atoms with Crippen LogP contribution in [-0.4, -0.2) is 28.8 Å². The van der Waals surface area contributed by atoms with Crippen molar-refractivity contribution in [2.45, 2.75) is 51.5 Å². The van der Waals surface area contributed by atoms with E-state index in [-0.39, 0.29) is 40.0 Å². The molecule has 3 fully saturated rings. The highest BCUT2D eigenvalue weighted by molar-refractivity contribution is 6.30. The number of benzene rings is 1. The number of H-pyrrole nitrogens is 1. The van der Waals surface area contributed by atoms with E-state index in [1.54, 1.807) is 0 Å². The van der Waals surface area contributed by atoms with Gasteiger partial charge in [-0.15, -0.1) is 0 Å². The molecule has 7 heteroatoms. The number of hydrogen-bond acceptors (Lipinski definition) is 3. The molecule has 2 aromatic rings. The number of ether oxygens (including phenoxy) is 1. The number of rotatable bonds is 8. The van der Waals surface area contributed by atoms with Gasteiger partial charge >= 0.3 is 0 Å². The second-order valence-corrected chi connectivity index (χ2v) is 8.91. The standard InChI is InChI=1S/C22H24ClFN2O3/c1-3-17-20(13(2)8-25-17)18(27)7-21-10-22(11-21,12-21)26-19(28)9-29-14-4-5-15(23)16(24)6-14/h4-6,8,25H,3,7,9-12H2,1-2H3,(H,26,28). The molecule has 3 aliphatic rings. The zero-order valence-electron chi connectivity index (χ0n) is 16.5. The van der Waals surface area contributed by atoms with Gasteiger partial charge in [-0.25, -0.2) is 4.39 Å². The summed E-state index contributed by atoms with van der Waals surface area (Å²) in [5.74, 6) is -0.377. The van der Waals surface area contributed by atoms with Crippen LogP contribution in [0.4, 0.5) is 4.39 Å². The van der Waals surface area contributed by atoms with Gasteiger partial charge in [-0.05, 0) is 55.7 Å². The number of amides is 1. The number of aromatic amines is 1. The van der Waals surface area contributed by atoms with E-state index in [9.17, 15) is 14.0 Å². The molecule has 0 atom stereocenters. The fraction of sp³-hybridized carbons (Fsp3) is 0.455. The number of Topliss-reactive ketones (excluding diaryl/α,β-unsaturated/α-hetero) is 1. The molecular formula is C22H24ClFN2O3. The van der Waals surface area contributed by atoms with Gasteiger partial charge in [0.25, 0.3) is 5.91 Å². The van der Waals surface area contributed by atoms with Gasteiger partial charge in [0.05, 0.1) is 5.02 Å². The summed E-state index contributed by atoms with van der Waals surface area (Å²) < 4.78 is 18.8. The van der Waals surface area contributed by atoms with Crippen LogP contribution >= 0.6 is 11.6 Å². The number of nitrogens with one attached hydrogen (secondary N) is 2. The molecule has 5 rings (SSSR count). The van der Waals surface area contributed by atoms with Gasteiger partial charge in [0.2, 0.25) is 0 Å². The number of carbonyl (C=O) groups is 2. The number of aryl methyl sites for hydroxylation is 2. The van der Waals surface area contributed by atoms with E-state index in [0.717, 1.165) is 48.6 Å². The van der Waals surface area contributed by atoms with Gasteiger partial charge in [-0.1, -0.05) is 18.5 Å². The molecule has 0 radical (unpaired) electrons. The third kappa shape index (κ3) is 3.66. The van der Waals surface area contributed by atoms with Gasteiger partial charge in [0, 0.05) is 35.5 Å². The Labute approximate surface area is 174 Å². The van der Waals surface area contributed by atoms with Crippen LogP contribution in [0.5, 0.6) is 5.75 Å². The summed E-state index contributed by atoms with van der Waals surface area (Å²) in [6.07, 6.45) is 5.67. The molecule has 5 nitrogen and oxygen atoms in total. The molecule has 154 valence electrons. The molecule has 0 saturated heterocycles. The van der Waals surface area contributed by atoms with Gasteiger partial charge in [0.15, 0.2) is 12.4 Å². The second-order valence-electron chi connectivity index (χ2n) is 8.50. The summed E-state index contributed by atoms with van der Waals surface area (Å²) in [6, 6.07) is 4.07. The van der Waals surface area contributed by atoms with E-state index in [1.807, 2.05) is 20.0 Å². The Morgan fingerprint density at radius 1 is 1.31 bits per heavy atom. The minimum absolute atomic E-state index is 0.0106. The molecule has 0 aliphatic heterocycles. The first-order valence-electron chi connectivity index (χ1n) is 9.84. The fourth-order valence-electron chi connectivity index (χ4n) is 5.04. The van der Waals surface area contributed by atoms with Crippen molar-refractivity contribution in [1.29, 1.82) is 0 Å². The minimum atomic E-state index is -0.584. The molecule has 1 heterocycles. The highest BCUT2D eigenvalue weighted by atomic mass is 35.5. The minimum Gasteiger partial charge on any atom is -0.484 e. The van der Waals surface area contributed by atoms with Crippen molar-refractivity contribution in [1.82, 2.24) is 10.3 Å². The number of ketones is 1.